The van der Waals surface area contributed by atoms with Gasteiger partial charge in [-0.2, -0.15) is 0 Å². The molecular formula is C30H29N3O7S. The molecule has 1 aliphatic rings. The standard InChI is InChI=1S/C30H29N3O7S/c1-6-39-29(35)26-17(3)31-30-33(27(26)22-14-19(37-4)9-11-23(22)38-5)28(34)25(41-30)15-20-10-12-24(40-20)21-13-18(32-36)8-7-16(21)2/h7-15,27,32,36H,6H2,1-5H3. The quantitative estimate of drug-likeness (QED) is 0.237. The van der Waals surface area contributed by atoms with Crippen LogP contribution in [0, 0.1) is 6.92 Å². The monoisotopic (exact) mass is 575 g/mol. The molecule has 212 valence electrons. The maximum atomic E-state index is 14.0. The second-order valence-electron chi connectivity index (χ2n) is 9.25. The topological polar surface area (TPSA) is 125 Å². The predicted octanol–water partition coefficient (Wildman–Crippen LogP) is 4.19. The number of fused-ring (bicyclic) bond motifs is 1. The van der Waals surface area contributed by atoms with Gasteiger partial charge in [-0.3, -0.25) is 20.0 Å². The number of esters is 1. The summed E-state index contributed by atoms with van der Waals surface area (Å²) in [7, 11) is 3.07. The summed E-state index contributed by atoms with van der Waals surface area (Å²) in [5, 5.41) is 9.30. The van der Waals surface area contributed by atoms with Gasteiger partial charge in [-0.05, 0) is 68.8 Å². The fraction of sp³-hybridized carbons (Fsp3) is 0.233. The molecule has 2 aromatic heterocycles. The number of aromatic nitrogens is 1. The molecule has 0 aliphatic carbocycles. The lowest BCUT2D eigenvalue weighted by molar-refractivity contribution is -0.139. The molecule has 1 unspecified atom stereocenters. The van der Waals surface area contributed by atoms with Gasteiger partial charge in [0.25, 0.3) is 5.56 Å². The van der Waals surface area contributed by atoms with Crippen LogP contribution in [-0.4, -0.2) is 36.6 Å². The molecule has 1 atom stereocenters. The fourth-order valence-corrected chi connectivity index (χ4v) is 5.83. The third kappa shape index (κ3) is 5.17. The highest BCUT2D eigenvalue weighted by Crippen LogP contribution is 2.38. The van der Waals surface area contributed by atoms with Crippen molar-refractivity contribution in [1.29, 1.82) is 0 Å². The Morgan fingerprint density at radius 2 is 1.95 bits per heavy atom. The summed E-state index contributed by atoms with van der Waals surface area (Å²) in [6.07, 6.45) is 1.65. The van der Waals surface area contributed by atoms with Gasteiger partial charge >= 0.3 is 5.97 Å². The molecule has 3 heterocycles. The average Bonchev–Trinajstić information content (AvgIpc) is 3.56. The van der Waals surface area contributed by atoms with Gasteiger partial charge in [-0.15, -0.1) is 0 Å². The normalized spacial score (nSPS) is 14.9. The highest BCUT2D eigenvalue weighted by Gasteiger charge is 2.35. The van der Waals surface area contributed by atoms with Crippen molar-refractivity contribution in [2.75, 3.05) is 26.3 Å². The average molecular weight is 576 g/mol. The summed E-state index contributed by atoms with van der Waals surface area (Å²) in [6, 6.07) is 13.3. The Hall–Kier alpha value is -4.61. The smallest absolute Gasteiger partial charge is 0.338 e. The maximum absolute atomic E-state index is 14.0. The number of methoxy groups -OCH3 is 2. The first-order valence-corrected chi connectivity index (χ1v) is 13.6. The molecule has 0 spiro atoms. The van der Waals surface area contributed by atoms with Crippen molar-refractivity contribution in [2.24, 2.45) is 4.99 Å². The number of ether oxygens (including phenoxy) is 3. The number of nitrogens with one attached hydrogen (secondary N) is 1. The van der Waals surface area contributed by atoms with Crippen LogP contribution in [0.2, 0.25) is 0 Å². The molecule has 2 aromatic carbocycles. The Morgan fingerprint density at radius 3 is 2.66 bits per heavy atom. The van der Waals surface area contributed by atoms with Crippen LogP contribution in [0.5, 0.6) is 11.5 Å². The van der Waals surface area contributed by atoms with E-state index in [0.717, 1.165) is 11.1 Å². The second kappa shape index (κ2) is 11.5. The van der Waals surface area contributed by atoms with Crippen LogP contribution in [0.4, 0.5) is 5.69 Å². The van der Waals surface area contributed by atoms with Crippen molar-refractivity contribution in [1.82, 2.24) is 4.57 Å². The number of allylic oxidation sites excluding steroid dienone is 1. The number of hydrogen-bond acceptors (Lipinski definition) is 10. The van der Waals surface area contributed by atoms with Crippen molar-refractivity contribution in [3.63, 3.8) is 0 Å². The number of aryl methyl sites for hydroxylation is 1. The Balaban J connectivity index is 1.68. The third-order valence-electron chi connectivity index (χ3n) is 6.78. The molecule has 0 radical (unpaired) electrons. The number of carbonyl (C=O) groups is 1. The minimum atomic E-state index is -0.860. The molecular weight excluding hydrogens is 546 g/mol. The molecule has 2 N–H and O–H groups in total. The largest absolute Gasteiger partial charge is 0.497 e. The highest BCUT2D eigenvalue weighted by molar-refractivity contribution is 7.07. The van der Waals surface area contributed by atoms with Crippen LogP contribution in [0.25, 0.3) is 17.4 Å². The van der Waals surface area contributed by atoms with E-state index in [-0.39, 0.29) is 17.7 Å². The summed E-state index contributed by atoms with van der Waals surface area (Å²) in [6.45, 7) is 5.55. The summed E-state index contributed by atoms with van der Waals surface area (Å²) < 4.78 is 24.4. The van der Waals surface area contributed by atoms with E-state index in [2.05, 4.69) is 10.5 Å². The molecule has 0 amide bonds. The van der Waals surface area contributed by atoms with E-state index < -0.39 is 12.0 Å². The number of thiazole rings is 1. The van der Waals surface area contributed by atoms with Gasteiger partial charge in [0.15, 0.2) is 4.80 Å². The molecule has 0 fully saturated rings. The summed E-state index contributed by atoms with van der Waals surface area (Å²) in [5.41, 5.74) is 5.32. The highest BCUT2D eigenvalue weighted by atomic mass is 32.1. The number of carbonyl (C=O) groups excluding carboxylic acids is 1. The number of furan rings is 1. The number of rotatable bonds is 8. The zero-order valence-electron chi connectivity index (χ0n) is 23.2. The van der Waals surface area contributed by atoms with Gasteiger partial charge in [-0.25, -0.2) is 9.79 Å². The lowest BCUT2D eigenvalue weighted by Gasteiger charge is -2.26. The van der Waals surface area contributed by atoms with Gasteiger partial charge < -0.3 is 18.6 Å². The Labute approximate surface area is 239 Å². The summed E-state index contributed by atoms with van der Waals surface area (Å²) in [4.78, 5) is 32.2. The lowest BCUT2D eigenvalue weighted by atomic mass is 9.95. The first-order chi connectivity index (χ1) is 19.8. The summed E-state index contributed by atoms with van der Waals surface area (Å²) >= 11 is 1.19. The molecule has 4 aromatic rings. The first kappa shape index (κ1) is 27.9. The number of hydrogen-bond donors (Lipinski definition) is 2. The zero-order chi connectivity index (χ0) is 29.3. The number of nitrogens with zero attached hydrogens (tertiary/aromatic N) is 2. The molecule has 5 rings (SSSR count). The van der Waals surface area contributed by atoms with E-state index in [4.69, 9.17) is 18.6 Å². The fourth-order valence-electron chi connectivity index (χ4n) is 4.80. The van der Waals surface area contributed by atoms with Gasteiger partial charge in [0, 0.05) is 17.2 Å². The van der Waals surface area contributed by atoms with Gasteiger partial charge in [0.05, 0.1) is 42.3 Å². The SMILES string of the molecule is CCOC(=O)C1=C(C)N=c2sc(=Cc3ccc(-c4cc(NO)ccc4C)o3)c(=O)n2C1c1cc(OC)ccc1OC. The van der Waals surface area contributed by atoms with Crippen LogP contribution >= 0.6 is 11.3 Å². The predicted molar refractivity (Wildman–Crippen MR) is 154 cm³/mol. The van der Waals surface area contributed by atoms with E-state index >= 15 is 0 Å². The molecule has 0 saturated carbocycles. The first-order valence-electron chi connectivity index (χ1n) is 12.8. The summed E-state index contributed by atoms with van der Waals surface area (Å²) in [5.74, 6) is 1.50. The van der Waals surface area contributed by atoms with Crippen LogP contribution < -0.4 is 29.8 Å². The van der Waals surface area contributed by atoms with Crippen molar-refractivity contribution in [3.8, 4) is 22.8 Å². The lowest BCUT2D eigenvalue weighted by Crippen LogP contribution is -2.40. The Bertz CT molecular complexity index is 1850. The molecule has 10 nitrogen and oxygen atoms in total. The van der Waals surface area contributed by atoms with E-state index in [0.29, 0.717) is 49.3 Å². The minimum absolute atomic E-state index is 0.166. The number of benzene rings is 2. The molecule has 11 heteroatoms. The molecule has 1 aliphatic heterocycles. The van der Waals surface area contributed by atoms with E-state index in [1.54, 1.807) is 69.5 Å². The van der Waals surface area contributed by atoms with Crippen LogP contribution in [0.3, 0.4) is 0 Å². The van der Waals surface area contributed by atoms with Gasteiger partial charge in [0.2, 0.25) is 0 Å². The van der Waals surface area contributed by atoms with E-state index in [1.807, 2.05) is 13.0 Å². The number of anilines is 1. The molecule has 41 heavy (non-hydrogen) atoms. The molecule has 0 saturated heterocycles. The van der Waals surface area contributed by atoms with Crippen molar-refractivity contribution >= 4 is 29.1 Å². The van der Waals surface area contributed by atoms with Crippen LogP contribution in [-0.2, 0) is 9.53 Å². The minimum Gasteiger partial charge on any atom is -0.497 e. The van der Waals surface area contributed by atoms with Crippen molar-refractivity contribution in [2.45, 2.75) is 26.8 Å². The van der Waals surface area contributed by atoms with Gasteiger partial charge in [0.1, 0.15) is 29.1 Å². The maximum Gasteiger partial charge on any atom is 0.338 e. The zero-order valence-corrected chi connectivity index (χ0v) is 24.0. The van der Waals surface area contributed by atoms with E-state index in [9.17, 15) is 14.8 Å². The van der Waals surface area contributed by atoms with Crippen LogP contribution in [0.1, 0.15) is 36.8 Å². The van der Waals surface area contributed by atoms with Crippen molar-refractivity contribution < 1.29 is 28.6 Å². The van der Waals surface area contributed by atoms with Crippen LogP contribution in [0.15, 0.2) is 74.0 Å². The van der Waals surface area contributed by atoms with Gasteiger partial charge in [-0.1, -0.05) is 17.4 Å². The Kier molecular flexibility index (Phi) is 7.82. The third-order valence-corrected chi connectivity index (χ3v) is 7.76. The van der Waals surface area contributed by atoms with E-state index in [1.165, 1.54) is 23.0 Å². The Morgan fingerprint density at radius 1 is 1.15 bits per heavy atom. The van der Waals surface area contributed by atoms with Crippen molar-refractivity contribution in [3.05, 3.63) is 96.4 Å². The molecule has 0 bridgehead atoms. The second-order valence-corrected chi connectivity index (χ2v) is 10.3.